The molecule has 26 heavy (non-hydrogen) atoms. The average molecular weight is 361 g/mol. The van der Waals surface area contributed by atoms with E-state index < -0.39 is 0 Å². The molecular weight excluding hydrogens is 342 g/mol. The lowest BCUT2D eigenvalue weighted by molar-refractivity contribution is -0.132. The average Bonchev–Trinajstić information content (AvgIpc) is 3.40. The summed E-state index contributed by atoms with van der Waals surface area (Å²) in [5.41, 5.74) is 4.96. The normalized spacial score (nSPS) is 25.1. The predicted octanol–water partition coefficient (Wildman–Crippen LogP) is 3.09. The number of carbonyl (C=O) groups excluding carboxylic acids is 1. The predicted molar refractivity (Wildman–Crippen MR) is 102 cm³/mol. The summed E-state index contributed by atoms with van der Waals surface area (Å²) in [5.74, 6) is 0.788. The van der Waals surface area contributed by atoms with Crippen LogP contribution in [-0.2, 0) is 9.67 Å². The quantitative estimate of drug-likeness (QED) is 0.848. The molecule has 4 nitrogen and oxygen atoms in total. The molecule has 1 spiro atoms. The van der Waals surface area contributed by atoms with E-state index >= 15 is 0 Å². The third kappa shape index (κ3) is 2.09. The molecule has 130 valence electrons. The molecule has 2 aliphatic heterocycles. The fourth-order valence-corrected chi connectivity index (χ4v) is 6.08. The van der Waals surface area contributed by atoms with E-state index in [-0.39, 0.29) is 22.9 Å². The number of thioether (sulfide) groups is 1. The van der Waals surface area contributed by atoms with Crippen molar-refractivity contribution in [1.29, 1.82) is 5.26 Å². The minimum Gasteiger partial charge on any atom is -0.325 e. The first kappa shape index (κ1) is 15.9. The zero-order chi connectivity index (χ0) is 17.7. The van der Waals surface area contributed by atoms with Crippen LogP contribution in [0, 0.1) is 11.3 Å². The smallest absolute Gasteiger partial charge is 0.241 e. The zero-order valence-corrected chi connectivity index (χ0v) is 15.1. The fourth-order valence-electron chi connectivity index (χ4n) is 4.54. The molecule has 0 aromatic heterocycles. The molecule has 2 atom stereocenters. The van der Waals surface area contributed by atoms with Crippen molar-refractivity contribution in [3.63, 3.8) is 0 Å². The van der Waals surface area contributed by atoms with Gasteiger partial charge in [0.25, 0.3) is 0 Å². The molecule has 0 saturated carbocycles. The maximum Gasteiger partial charge on any atom is 0.241 e. The third-order valence-corrected chi connectivity index (χ3v) is 7.22. The molecule has 2 aromatic rings. The second kappa shape index (κ2) is 5.87. The Labute approximate surface area is 157 Å². The van der Waals surface area contributed by atoms with Gasteiger partial charge in [0.05, 0.1) is 12.1 Å². The lowest BCUT2D eigenvalue weighted by atomic mass is 10.0. The molecule has 3 aliphatic rings. The summed E-state index contributed by atoms with van der Waals surface area (Å²) in [4.78, 5) is 14.5. The van der Waals surface area contributed by atoms with E-state index in [4.69, 9.17) is 0 Å². The molecule has 2 fully saturated rings. The van der Waals surface area contributed by atoms with E-state index in [0.29, 0.717) is 6.54 Å². The summed E-state index contributed by atoms with van der Waals surface area (Å²) in [7, 11) is 0. The maximum atomic E-state index is 13.1. The van der Waals surface area contributed by atoms with Gasteiger partial charge in [-0.05, 0) is 35.1 Å². The van der Waals surface area contributed by atoms with Gasteiger partial charge in [-0.1, -0.05) is 48.5 Å². The number of nitrogens with one attached hydrogen (secondary N) is 1. The van der Waals surface area contributed by atoms with Crippen LogP contribution in [0.2, 0.25) is 0 Å². The Bertz CT molecular complexity index is 889. The number of nitriles is 1. The van der Waals surface area contributed by atoms with Crippen LogP contribution in [0.5, 0.6) is 0 Å². The van der Waals surface area contributed by atoms with Gasteiger partial charge < -0.3 is 4.90 Å². The van der Waals surface area contributed by atoms with Crippen LogP contribution < -0.4 is 5.32 Å². The third-order valence-electron chi connectivity index (χ3n) is 5.73. The van der Waals surface area contributed by atoms with Crippen LogP contribution >= 0.6 is 11.8 Å². The van der Waals surface area contributed by atoms with Gasteiger partial charge in [0.1, 0.15) is 10.9 Å². The number of hydrogen-bond donors (Lipinski definition) is 1. The molecule has 5 heteroatoms. The van der Waals surface area contributed by atoms with Gasteiger partial charge in [-0.25, -0.2) is 0 Å². The highest BCUT2D eigenvalue weighted by atomic mass is 32.2. The van der Waals surface area contributed by atoms with Crippen molar-refractivity contribution in [2.75, 3.05) is 12.3 Å². The number of hydrogen-bond acceptors (Lipinski definition) is 4. The first-order valence-corrected chi connectivity index (χ1v) is 10.0. The monoisotopic (exact) mass is 361 g/mol. The molecule has 1 N–H and O–H groups in total. The second-order valence-corrected chi connectivity index (χ2v) is 8.33. The standard InChI is InChI=1S/C21H19N3OS/c22-12-14-6-5-11-24(14)20(25)19-13-26-21(23-19)17-9-3-1-7-15(17)16-8-2-4-10-18(16)21/h1-4,7-10,14,19,23H,5-6,11,13H2/t14-,19-/m0/s1. The van der Waals surface area contributed by atoms with Crippen molar-refractivity contribution in [3.05, 3.63) is 59.7 Å². The topological polar surface area (TPSA) is 56.1 Å². The first-order chi connectivity index (χ1) is 12.7. The molecule has 1 amide bonds. The Morgan fingerprint density at radius 3 is 2.46 bits per heavy atom. The summed E-state index contributed by atoms with van der Waals surface area (Å²) in [5, 5.41) is 13.0. The summed E-state index contributed by atoms with van der Waals surface area (Å²) < 4.78 is 0. The van der Waals surface area contributed by atoms with E-state index in [2.05, 4.69) is 59.9 Å². The summed E-state index contributed by atoms with van der Waals surface area (Å²) in [6.07, 6.45) is 1.71. The molecule has 1 aliphatic carbocycles. The highest BCUT2D eigenvalue weighted by Gasteiger charge is 2.51. The largest absolute Gasteiger partial charge is 0.325 e. The number of likely N-dealkylation sites (tertiary alicyclic amines) is 1. The molecule has 2 saturated heterocycles. The maximum absolute atomic E-state index is 13.1. The summed E-state index contributed by atoms with van der Waals surface area (Å²) in [6, 6.07) is 18.7. The van der Waals surface area contributed by atoms with Crippen LogP contribution in [0.4, 0.5) is 0 Å². The van der Waals surface area contributed by atoms with Crippen LogP contribution in [-0.4, -0.2) is 35.2 Å². The lowest BCUT2D eigenvalue weighted by Crippen LogP contribution is -2.50. The van der Waals surface area contributed by atoms with Crippen molar-refractivity contribution in [2.24, 2.45) is 0 Å². The highest BCUT2D eigenvalue weighted by Crippen LogP contribution is 2.55. The molecule has 0 bridgehead atoms. The Kier molecular flexibility index (Phi) is 3.59. The molecule has 0 radical (unpaired) electrons. The van der Waals surface area contributed by atoms with Crippen LogP contribution in [0.15, 0.2) is 48.5 Å². The van der Waals surface area contributed by atoms with Crippen LogP contribution in [0.25, 0.3) is 11.1 Å². The van der Waals surface area contributed by atoms with Gasteiger partial charge in [-0.3, -0.25) is 10.1 Å². The molecule has 2 aromatic carbocycles. The minimum atomic E-state index is -0.366. The second-order valence-electron chi connectivity index (χ2n) is 7.10. The van der Waals surface area contributed by atoms with Crippen molar-refractivity contribution in [1.82, 2.24) is 10.2 Å². The van der Waals surface area contributed by atoms with E-state index in [9.17, 15) is 10.1 Å². The van der Waals surface area contributed by atoms with Crippen molar-refractivity contribution < 1.29 is 4.79 Å². The highest BCUT2D eigenvalue weighted by molar-refractivity contribution is 8.00. The number of rotatable bonds is 1. The van der Waals surface area contributed by atoms with Gasteiger partial charge >= 0.3 is 0 Å². The van der Waals surface area contributed by atoms with Crippen LogP contribution in [0.1, 0.15) is 24.0 Å². The number of carbonyl (C=O) groups is 1. The van der Waals surface area contributed by atoms with Gasteiger partial charge in [-0.15, -0.1) is 11.8 Å². The molecule has 5 rings (SSSR count). The summed E-state index contributed by atoms with van der Waals surface area (Å²) in [6.45, 7) is 0.695. The van der Waals surface area contributed by atoms with E-state index in [1.165, 1.54) is 22.3 Å². The van der Waals surface area contributed by atoms with Gasteiger partial charge in [0.15, 0.2) is 0 Å². The van der Waals surface area contributed by atoms with Gasteiger partial charge in [0.2, 0.25) is 5.91 Å². The van der Waals surface area contributed by atoms with Crippen molar-refractivity contribution >= 4 is 17.7 Å². The minimum absolute atomic E-state index is 0.0697. The number of amides is 1. The number of nitrogens with zero attached hydrogens (tertiary/aromatic N) is 2. The zero-order valence-electron chi connectivity index (χ0n) is 14.3. The Morgan fingerprint density at radius 1 is 1.15 bits per heavy atom. The van der Waals surface area contributed by atoms with E-state index in [1.54, 1.807) is 16.7 Å². The Hall–Kier alpha value is -2.29. The molecular formula is C21H19N3OS. The first-order valence-electron chi connectivity index (χ1n) is 9.06. The molecule has 2 heterocycles. The van der Waals surface area contributed by atoms with Crippen molar-refractivity contribution in [3.8, 4) is 17.2 Å². The van der Waals surface area contributed by atoms with E-state index in [1.807, 2.05) is 0 Å². The Balaban J connectivity index is 1.52. The SMILES string of the molecule is N#C[C@@H]1CCCN1C(=O)[C@@H]1CSC2(N1)c1ccccc1-c1ccccc12. The molecule has 0 unspecified atom stereocenters. The summed E-state index contributed by atoms with van der Waals surface area (Å²) >= 11 is 1.80. The number of benzene rings is 2. The van der Waals surface area contributed by atoms with Crippen molar-refractivity contribution in [2.45, 2.75) is 29.8 Å². The Morgan fingerprint density at radius 2 is 1.81 bits per heavy atom. The van der Waals surface area contributed by atoms with Gasteiger partial charge in [-0.2, -0.15) is 5.26 Å². The van der Waals surface area contributed by atoms with Gasteiger partial charge in [0, 0.05) is 12.3 Å². The lowest BCUT2D eigenvalue weighted by Gasteiger charge is -2.29. The van der Waals surface area contributed by atoms with Crippen LogP contribution in [0.3, 0.4) is 0 Å². The van der Waals surface area contributed by atoms with E-state index in [0.717, 1.165) is 18.6 Å². The number of fused-ring (bicyclic) bond motifs is 5. The fraction of sp³-hybridized carbons (Fsp3) is 0.333.